The number of hydrogen-bond donors (Lipinski definition) is 1. The SMILES string of the molecule is COc1cccc2c1OCC(NCc1cc(C#N)n(C)c1)C2. The van der Waals surface area contributed by atoms with Crippen molar-refractivity contribution in [3.05, 3.63) is 47.3 Å². The number of rotatable bonds is 4. The Balaban J connectivity index is 1.64. The van der Waals surface area contributed by atoms with E-state index in [9.17, 15) is 0 Å². The Bertz CT molecular complexity index is 715. The fourth-order valence-electron chi connectivity index (χ4n) is 2.79. The lowest BCUT2D eigenvalue weighted by Gasteiger charge is -2.27. The van der Waals surface area contributed by atoms with Crippen LogP contribution in [0.1, 0.15) is 16.8 Å². The van der Waals surface area contributed by atoms with Crippen molar-refractivity contribution < 1.29 is 9.47 Å². The predicted molar refractivity (Wildman–Crippen MR) is 82.9 cm³/mol. The minimum absolute atomic E-state index is 0.255. The first-order valence-electron chi connectivity index (χ1n) is 7.28. The molecule has 0 bridgehead atoms. The zero-order valence-electron chi connectivity index (χ0n) is 12.8. The smallest absolute Gasteiger partial charge is 0.164 e. The van der Waals surface area contributed by atoms with E-state index < -0.39 is 0 Å². The van der Waals surface area contributed by atoms with E-state index in [4.69, 9.17) is 14.7 Å². The number of nitriles is 1. The molecule has 0 saturated heterocycles. The van der Waals surface area contributed by atoms with Gasteiger partial charge in [-0.15, -0.1) is 0 Å². The van der Waals surface area contributed by atoms with Crippen LogP contribution in [0.2, 0.25) is 0 Å². The molecule has 0 radical (unpaired) electrons. The Labute approximate surface area is 130 Å². The van der Waals surface area contributed by atoms with E-state index in [1.165, 1.54) is 0 Å². The lowest BCUT2D eigenvalue weighted by molar-refractivity contribution is 0.226. The first-order chi connectivity index (χ1) is 10.7. The highest BCUT2D eigenvalue weighted by Crippen LogP contribution is 2.34. The Morgan fingerprint density at radius 3 is 3.09 bits per heavy atom. The number of benzene rings is 1. The normalized spacial score (nSPS) is 16.5. The van der Waals surface area contributed by atoms with Gasteiger partial charge >= 0.3 is 0 Å². The van der Waals surface area contributed by atoms with E-state index in [1.807, 2.05) is 36.0 Å². The van der Waals surface area contributed by atoms with Crippen LogP contribution < -0.4 is 14.8 Å². The van der Waals surface area contributed by atoms with Crippen molar-refractivity contribution in [2.45, 2.75) is 19.0 Å². The average molecular weight is 297 g/mol. The molecule has 2 aromatic rings. The van der Waals surface area contributed by atoms with Crippen LogP contribution in [0, 0.1) is 11.3 Å². The molecule has 0 spiro atoms. The van der Waals surface area contributed by atoms with Crippen LogP contribution in [0.25, 0.3) is 0 Å². The van der Waals surface area contributed by atoms with Gasteiger partial charge in [-0.3, -0.25) is 0 Å². The van der Waals surface area contributed by atoms with Gasteiger partial charge in [0.15, 0.2) is 11.5 Å². The molecule has 0 saturated carbocycles. The minimum Gasteiger partial charge on any atom is -0.493 e. The number of para-hydroxylation sites is 1. The zero-order chi connectivity index (χ0) is 15.5. The maximum absolute atomic E-state index is 8.98. The van der Waals surface area contributed by atoms with E-state index in [0.717, 1.165) is 35.6 Å². The molecule has 22 heavy (non-hydrogen) atoms. The molecule has 0 fully saturated rings. The molecule has 5 nitrogen and oxygen atoms in total. The van der Waals surface area contributed by atoms with Crippen LogP contribution in [0.4, 0.5) is 0 Å². The summed E-state index contributed by atoms with van der Waals surface area (Å²) < 4.78 is 13.0. The highest BCUT2D eigenvalue weighted by Gasteiger charge is 2.22. The monoisotopic (exact) mass is 297 g/mol. The maximum Gasteiger partial charge on any atom is 0.164 e. The number of methoxy groups -OCH3 is 1. The molecular weight excluding hydrogens is 278 g/mol. The molecule has 5 heteroatoms. The van der Waals surface area contributed by atoms with Crippen LogP contribution in [0.3, 0.4) is 0 Å². The van der Waals surface area contributed by atoms with Crippen molar-refractivity contribution in [1.82, 2.24) is 9.88 Å². The summed E-state index contributed by atoms with van der Waals surface area (Å²) in [6, 6.07) is 10.3. The fraction of sp³-hybridized carbons (Fsp3) is 0.353. The standard InChI is InChI=1S/C17H19N3O2/c1-20-10-12(6-15(20)8-18)9-19-14-7-13-4-3-5-16(21-2)17(13)22-11-14/h3-6,10,14,19H,7,9,11H2,1-2H3. The Hall–Kier alpha value is -2.45. The van der Waals surface area contributed by atoms with Crippen LogP contribution in [-0.2, 0) is 20.0 Å². The quantitative estimate of drug-likeness (QED) is 0.937. The molecule has 1 aromatic carbocycles. The van der Waals surface area contributed by atoms with Gasteiger partial charge in [0.1, 0.15) is 18.4 Å². The third-order valence-electron chi connectivity index (χ3n) is 3.95. The Kier molecular flexibility index (Phi) is 4.03. The molecule has 1 aliphatic rings. The summed E-state index contributed by atoms with van der Waals surface area (Å²) in [4.78, 5) is 0. The first kappa shape index (κ1) is 14.5. The van der Waals surface area contributed by atoms with Crippen molar-refractivity contribution >= 4 is 0 Å². The zero-order valence-corrected chi connectivity index (χ0v) is 12.8. The van der Waals surface area contributed by atoms with Gasteiger partial charge in [0.2, 0.25) is 0 Å². The van der Waals surface area contributed by atoms with E-state index in [0.29, 0.717) is 12.3 Å². The predicted octanol–water partition coefficient (Wildman–Crippen LogP) is 2.00. The van der Waals surface area contributed by atoms with E-state index in [1.54, 1.807) is 7.11 Å². The summed E-state index contributed by atoms with van der Waals surface area (Å²) in [5.74, 6) is 1.65. The largest absolute Gasteiger partial charge is 0.493 e. The highest BCUT2D eigenvalue weighted by molar-refractivity contribution is 5.48. The second-order valence-electron chi connectivity index (χ2n) is 5.50. The van der Waals surface area contributed by atoms with Gasteiger partial charge in [0.05, 0.1) is 7.11 Å². The molecule has 1 aliphatic heterocycles. The van der Waals surface area contributed by atoms with E-state index in [-0.39, 0.29) is 6.04 Å². The van der Waals surface area contributed by atoms with Gasteiger partial charge in [-0.05, 0) is 29.7 Å². The summed E-state index contributed by atoms with van der Waals surface area (Å²) in [5, 5.41) is 12.5. The van der Waals surface area contributed by atoms with Gasteiger partial charge in [-0.2, -0.15) is 5.26 Å². The van der Waals surface area contributed by atoms with Crippen LogP contribution in [0.15, 0.2) is 30.5 Å². The second kappa shape index (κ2) is 6.12. The van der Waals surface area contributed by atoms with Gasteiger partial charge in [0.25, 0.3) is 0 Å². The summed E-state index contributed by atoms with van der Waals surface area (Å²) in [7, 11) is 3.54. The molecule has 0 aliphatic carbocycles. The van der Waals surface area contributed by atoms with Crippen LogP contribution in [0.5, 0.6) is 11.5 Å². The second-order valence-corrected chi connectivity index (χ2v) is 5.50. The fourth-order valence-corrected chi connectivity index (χ4v) is 2.79. The first-order valence-corrected chi connectivity index (χ1v) is 7.28. The van der Waals surface area contributed by atoms with Gasteiger partial charge < -0.3 is 19.4 Å². The third kappa shape index (κ3) is 2.78. The number of fused-ring (bicyclic) bond motifs is 1. The minimum atomic E-state index is 0.255. The number of nitrogens with one attached hydrogen (secondary N) is 1. The van der Waals surface area contributed by atoms with Crippen LogP contribution >= 0.6 is 0 Å². The Morgan fingerprint density at radius 1 is 1.50 bits per heavy atom. The topological polar surface area (TPSA) is 59.2 Å². The summed E-state index contributed by atoms with van der Waals surface area (Å²) in [6.07, 6.45) is 2.89. The summed E-state index contributed by atoms with van der Waals surface area (Å²) >= 11 is 0. The number of aryl methyl sites for hydroxylation is 1. The molecule has 1 atom stereocenters. The number of ether oxygens (including phenoxy) is 2. The van der Waals surface area contributed by atoms with Crippen LogP contribution in [-0.4, -0.2) is 24.3 Å². The maximum atomic E-state index is 8.98. The molecule has 1 N–H and O–H groups in total. The number of hydrogen-bond acceptors (Lipinski definition) is 4. The van der Waals surface area contributed by atoms with Crippen molar-refractivity contribution in [1.29, 1.82) is 5.26 Å². The van der Waals surface area contributed by atoms with Crippen molar-refractivity contribution in [3.63, 3.8) is 0 Å². The van der Waals surface area contributed by atoms with Gasteiger partial charge in [-0.25, -0.2) is 0 Å². The lowest BCUT2D eigenvalue weighted by atomic mass is 10.0. The number of nitrogens with zero attached hydrogens (tertiary/aromatic N) is 2. The third-order valence-corrected chi connectivity index (χ3v) is 3.95. The highest BCUT2D eigenvalue weighted by atomic mass is 16.5. The van der Waals surface area contributed by atoms with Crippen molar-refractivity contribution in [3.8, 4) is 17.6 Å². The van der Waals surface area contributed by atoms with Crippen molar-refractivity contribution in [2.24, 2.45) is 7.05 Å². The molecule has 1 unspecified atom stereocenters. The van der Waals surface area contributed by atoms with E-state index in [2.05, 4.69) is 17.5 Å². The molecular formula is C17H19N3O2. The Morgan fingerprint density at radius 2 is 2.36 bits per heavy atom. The molecule has 114 valence electrons. The van der Waals surface area contributed by atoms with Gasteiger partial charge in [-0.1, -0.05) is 12.1 Å². The van der Waals surface area contributed by atoms with E-state index >= 15 is 0 Å². The molecule has 3 rings (SSSR count). The lowest BCUT2D eigenvalue weighted by Crippen LogP contribution is -2.38. The molecule has 1 aromatic heterocycles. The number of aromatic nitrogens is 1. The van der Waals surface area contributed by atoms with Crippen molar-refractivity contribution in [2.75, 3.05) is 13.7 Å². The molecule has 2 heterocycles. The summed E-state index contributed by atoms with van der Waals surface area (Å²) in [6.45, 7) is 1.34. The average Bonchev–Trinajstić information content (AvgIpc) is 2.92. The molecule has 0 amide bonds. The summed E-state index contributed by atoms with van der Waals surface area (Å²) in [5.41, 5.74) is 2.94. The van der Waals surface area contributed by atoms with Gasteiger partial charge in [0, 0.05) is 25.8 Å².